The van der Waals surface area contributed by atoms with Crippen LogP contribution in [0.1, 0.15) is 16.7 Å². The van der Waals surface area contributed by atoms with Crippen LogP contribution in [0.3, 0.4) is 0 Å². The molecule has 0 aliphatic heterocycles. The quantitative estimate of drug-likeness (QED) is 0.621. The number of nitrogens with zero attached hydrogens (tertiary/aromatic N) is 5. The first-order valence-electron chi connectivity index (χ1n) is 7.78. The molecule has 130 valence electrons. The van der Waals surface area contributed by atoms with E-state index in [-0.39, 0.29) is 5.91 Å². The van der Waals surface area contributed by atoms with E-state index in [4.69, 9.17) is 0 Å². The molecule has 1 amide bonds. The van der Waals surface area contributed by atoms with Crippen LogP contribution in [0.5, 0.6) is 0 Å². The average Bonchev–Trinajstić information content (AvgIpc) is 3.26. The van der Waals surface area contributed by atoms with Gasteiger partial charge in [0, 0.05) is 13.6 Å². The molecule has 6 nitrogen and oxygen atoms in total. The van der Waals surface area contributed by atoms with Crippen molar-refractivity contribution < 1.29 is 4.79 Å². The van der Waals surface area contributed by atoms with E-state index >= 15 is 0 Å². The summed E-state index contributed by atoms with van der Waals surface area (Å²) < 4.78 is 1.67. The third-order valence-corrected chi connectivity index (χ3v) is 5.56. The van der Waals surface area contributed by atoms with Crippen LogP contribution in [0.2, 0.25) is 0 Å². The summed E-state index contributed by atoms with van der Waals surface area (Å²) in [5.41, 5.74) is 4.44. The molecule has 0 aliphatic carbocycles. The maximum atomic E-state index is 12.3. The molecular formula is C17H19N5OS2. The number of carbonyl (C=O) groups is 1. The van der Waals surface area contributed by atoms with Crippen LogP contribution in [-0.4, -0.2) is 43.8 Å². The Morgan fingerprint density at radius 2 is 2.12 bits per heavy atom. The van der Waals surface area contributed by atoms with Gasteiger partial charge in [-0.1, -0.05) is 17.8 Å². The van der Waals surface area contributed by atoms with Crippen molar-refractivity contribution in [1.82, 2.24) is 25.1 Å². The molecule has 8 heteroatoms. The van der Waals surface area contributed by atoms with E-state index in [1.807, 2.05) is 36.7 Å². The highest BCUT2D eigenvalue weighted by Crippen LogP contribution is 2.20. The van der Waals surface area contributed by atoms with Crippen molar-refractivity contribution in [1.29, 1.82) is 0 Å². The molecule has 0 saturated heterocycles. The number of thioether (sulfide) groups is 1. The van der Waals surface area contributed by atoms with Gasteiger partial charge in [-0.3, -0.25) is 4.79 Å². The monoisotopic (exact) mass is 373 g/mol. The number of amides is 1. The van der Waals surface area contributed by atoms with E-state index in [1.54, 1.807) is 20.9 Å². The lowest BCUT2D eigenvalue weighted by molar-refractivity contribution is -0.127. The first kappa shape index (κ1) is 17.6. The lowest BCUT2D eigenvalue weighted by Gasteiger charge is -2.16. The fourth-order valence-electron chi connectivity index (χ4n) is 2.27. The van der Waals surface area contributed by atoms with Gasteiger partial charge < -0.3 is 4.90 Å². The summed E-state index contributed by atoms with van der Waals surface area (Å²) in [6.07, 6.45) is 0. The summed E-state index contributed by atoms with van der Waals surface area (Å²) in [4.78, 5) is 14.1. The fraction of sp³-hybridized carbons (Fsp3) is 0.294. The molecule has 1 aromatic carbocycles. The Kier molecular flexibility index (Phi) is 5.50. The van der Waals surface area contributed by atoms with Gasteiger partial charge in [0.05, 0.1) is 11.4 Å². The lowest BCUT2D eigenvalue weighted by Crippen LogP contribution is -2.27. The molecule has 0 radical (unpaired) electrons. The molecule has 25 heavy (non-hydrogen) atoms. The van der Waals surface area contributed by atoms with Crippen LogP contribution < -0.4 is 0 Å². The largest absolute Gasteiger partial charge is 0.341 e. The number of thiophene rings is 1. The van der Waals surface area contributed by atoms with Gasteiger partial charge in [-0.15, -0.1) is 5.10 Å². The Bertz CT molecular complexity index is 860. The molecular weight excluding hydrogens is 354 g/mol. The first-order chi connectivity index (χ1) is 12.0. The molecule has 0 N–H and O–H groups in total. The Balaban J connectivity index is 1.65. The average molecular weight is 374 g/mol. The van der Waals surface area contributed by atoms with Crippen LogP contribution in [-0.2, 0) is 11.3 Å². The molecule has 0 fully saturated rings. The topological polar surface area (TPSA) is 63.9 Å². The third-order valence-electron chi connectivity index (χ3n) is 3.93. The lowest BCUT2D eigenvalue weighted by atomic mass is 10.1. The fourth-order valence-corrected chi connectivity index (χ4v) is 3.76. The standard InChI is InChI=1S/C17H19N5OS2/c1-12-4-5-15(8-13(12)2)22-17(18-19-20-22)25-11-16(23)21(3)9-14-6-7-24-10-14/h4-8,10H,9,11H2,1-3H3. The Morgan fingerprint density at radius 1 is 1.28 bits per heavy atom. The SMILES string of the molecule is Cc1ccc(-n2nnnc2SCC(=O)N(C)Cc2ccsc2)cc1C. The van der Waals surface area contributed by atoms with Gasteiger partial charge in [0.1, 0.15) is 0 Å². The zero-order chi connectivity index (χ0) is 17.8. The molecule has 2 aromatic heterocycles. The van der Waals surface area contributed by atoms with Crippen molar-refractivity contribution in [3.8, 4) is 5.69 Å². The van der Waals surface area contributed by atoms with Crippen molar-refractivity contribution >= 4 is 29.0 Å². The summed E-state index contributed by atoms with van der Waals surface area (Å²) in [7, 11) is 1.81. The van der Waals surface area contributed by atoms with Crippen molar-refractivity contribution in [3.05, 3.63) is 51.7 Å². The number of carbonyl (C=O) groups excluding carboxylic acids is 1. The molecule has 2 heterocycles. The third kappa shape index (κ3) is 4.26. The van der Waals surface area contributed by atoms with Gasteiger partial charge in [0.15, 0.2) is 0 Å². The molecule has 3 rings (SSSR count). The maximum Gasteiger partial charge on any atom is 0.233 e. The van der Waals surface area contributed by atoms with Crippen LogP contribution >= 0.6 is 23.1 Å². The zero-order valence-corrected chi connectivity index (χ0v) is 16.0. The number of tetrazole rings is 1. The van der Waals surface area contributed by atoms with Crippen LogP contribution in [0.4, 0.5) is 0 Å². The van der Waals surface area contributed by atoms with Gasteiger partial charge >= 0.3 is 0 Å². The molecule has 0 atom stereocenters. The zero-order valence-electron chi connectivity index (χ0n) is 14.3. The Hall–Kier alpha value is -2.19. The van der Waals surface area contributed by atoms with E-state index < -0.39 is 0 Å². The summed E-state index contributed by atoms with van der Waals surface area (Å²) in [6.45, 7) is 4.74. The second-order valence-electron chi connectivity index (χ2n) is 5.81. The van der Waals surface area contributed by atoms with Crippen molar-refractivity contribution in [2.75, 3.05) is 12.8 Å². The summed E-state index contributed by atoms with van der Waals surface area (Å²) in [5, 5.41) is 16.5. The summed E-state index contributed by atoms with van der Waals surface area (Å²) in [5.74, 6) is 0.345. The van der Waals surface area contributed by atoms with Gasteiger partial charge in [-0.05, 0) is 69.9 Å². The van der Waals surface area contributed by atoms with E-state index in [1.165, 1.54) is 22.9 Å². The van der Waals surface area contributed by atoms with E-state index in [0.29, 0.717) is 17.5 Å². The number of aryl methyl sites for hydroxylation is 2. The van der Waals surface area contributed by atoms with Crippen LogP contribution in [0, 0.1) is 13.8 Å². The van der Waals surface area contributed by atoms with E-state index in [0.717, 1.165) is 11.3 Å². The summed E-state index contributed by atoms with van der Waals surface area (Å²) in [6, 6.07) is 8.09. The number of rotatable bonds is 6. The van der Waals surface area contributed by atoms with Gasteiger partial charge in [-0.25, -0.2) is 0 Å². The van der Waals surface area contributed by atoms with E-state index in [2.05, 4.69) is 34.8 Å². The van der Waals surface area contributed by atoms with Crippen molar-refractivity contribution in [3.63, 3.8) is 0 Å². The second-order valence-corrected chi connectivity index (χ2v) is 7.53. The molecule has 0 aliphatic rings. The predicted octanol–water partition coefficient (Wildman–Crippen LogP) is 3.09. The number of hydrogen-bond donors (Lipinski definition) is 0. The molecule has 0 bridgehead atoms. The smallest absolute Gasteiger partial charge is 0.233 e. The highest BCUT2D eigenvalue weighted by atomic mass is 32.2. The minimum atomic E-state index is 0.0471. The Morgan fingerprint density at radius 3 is 2.84 bits per heavy atom. The number of aromatic nitrogens is 4. The molecule has 0 unspecified atom stereocenters. The summed E-state index contributed by atoms with van der Waals surface area (Å²) >= 11 is 2.98. The maximum absolute atomic E-state index is 12.3. The van der Waals surface area contributed by atoms with Crippen LogP contribution in [0.25, 0.3) is 5.69 Å². The minimum absolute atomic E-state index is 0.0471. The van der Waals surface area contributed by atoms with Crippen LogP contribution in [0.15, 0.2) is 40.2 Å². The number of benzene rings is 1. The Labute approximate surface area is 154 Å². The molecule has 0 spiro atoms. The minimum Gasteiger partial charge on any atom is -0.341 e. The first-order valence-corrected chi connectivity index (χ1v) is 9.71. The highest BCUT2D eigenvalue weighted by Gasteiger charge is 2.15. The van der Waals surface area contributed by atoms with E-state index in [9.17, 15) is 4.79 Å². The highest BCUT2D eigenvalue weighted by molar-refractivity contribution is 7.99. The van der Waals surface area contributed by atoms with Gasteiger partial charge in [0.25, 0.3) is 0 Å². The van der Waals surface area contributed by atoms with Crippen molar-refractivity contribution in [2.24, 2.45) is 0 Å². The normalized spacial score (nSPS) is 10.8. The molecule has 3 aromatic rings. The van der Waals surface area contributed by atoms with Gasteiger partial charge in [0.2, 0.25) is 11.1 Å². The predicted molar refractivity (Wildman–Crippen MR) is 100 cm³/mol. The number of hydrogen-bond acceptors (Lipinski definition) is 6. The van der Waals surface area contributed by atoms with Gasteiger partial charge in [-0.2, -0.15) is 16.0 Å². The van der Waals surface area contributed by atoms with Crippen molar-refractivity contribution in [2.45, 2.75) is 25.5 Å². The second kappa shape index (κ2) is 7.79. The molecule has 0 saturated carbocycles.